The number of thiophene rings is 1. The summed E-state index contributed by atoms with van der Waals surface area (Å²) >= 11 is 5.34. The van der Waals surface area contributed by atoms with Gasteiger partial charge in [-0.3, -0.25) is 0 Å². The molecule has 1 N–H and O–H groups in total. The molecule has 1 aromatic rings. The summed E-state index contributed by atoms with van der Waals surface area (Å²) in [6.45, 7) is 3.64. The molecule has 0 amide bonds. The van der Waals surface area contributed by atoms with Crippen LogP contribution in [0.2, 0.25) is 0 Å². The normalized spacial score (nSPS) is 23.1. The zero-order valence-corrected chi connectivity index (χ0v) is 12.4. The average Bonchev–Trinajstić information content (AvgIpc) is 3.11. The molecule has 0 aromatic carbocycles. The molecule has 4 heteroatoms. The Hall–Kier alpha value is 0.1000. The molecule has 2 heterocycles. The Morgan fingerprint density at radius 1 is 1.29 bits per heavy atom. The van der Waals surface area contributed by atoms with Gasteiger partial charge in [-0.05, 0) is 60.8 Å². The van der Waals surface area contributed by atoms with E-state index in [1.165, 1.54) is 48.1 Å². The highest BCUT2D eigenvalue weighted by Gasteiger charge is 2.31. The van der Waals surface area contributed by atoms with Crippen molar-refractivity contribution >= 4 is 27.3 Å². The number of nitrogens with zero attached hydrogens (tertiary/aromatic N) is 1. The summed E-state index contributed by atoms with van der Waals surface area (Å²) in [6, 6.07) is 3.90. The fourth-order valence-electron chi connectivity index (χ4n) is 2.60. The Balaban J connectivity index is 1.41. The van der Waals surface area contributed by atoms with Gasteiger partial charge in [0.15, 0.2) is 0 Å². The van der Waals surface area contributed by atoms with Crippen molar-refractivity contribution in [3.05, 3.63) is 20.8 Å². The van der Waals surface area contributed by atoms with Crippen molar-refractivity contribution in [1.82, 2.24) is 10.2 Å². The molecule has 3 rings (SSSR count). The maximum Gasteiger partial charge on any atom is 0.0302 e. The third kappa shape index (κ3) is 3.31. The van der Waals surface area contributed by atoms with Gasteiger partial charge in [-0.1, -0.05) is 0 Å². The van der Waals surface area contributed by atoms with Crippen LogP contribution in [0.25, 0.3) is 0 Å². The van der Waals surface area contributed by atoms with Crippen LogP contribution in [-0.4, -0.2) is 30.1 Å². The third-order valence-corrected chi connectivity index (χ3v) is 5.48. The molecular formula is C13H19BrN2S. The minimum Gasteiger partial charge on any atom is -0.309 e. The van der Waals surface area contributed by atoms with Crippen LogP contribution in [0.5, 0.6) is 0 Å². The highest BCUT2D eigenvalue weighted by molar-refractivity contribution is 9.10. The first-order valence-electron chi connectivity index (χ1n) is 6.51. The predicted molar refractivity (Wildman–Crippen MR) is 76.5 cm³/mol. The zero-order chi connectivity index (χ0) is 11.7. The van der Waals surface area contributed by atoms with Crippen molar-refractivity contribution in [3.8, 4) is 0 Å². The van der Waals surface area contributed by atoms with Crippen LogP contribution in [0.15, 0.2) is 15.9 Å². The van der Waals surface area contributed by atoms with E-state index in [9.17, 15) is 0 Å². The van der Waals surface area contributed by atoms with Gasteiger partial charge in [-0.25, -0.2) is 0 Å². The van der Waals surface area contributed by atoms with Gasteiger partial charge in [0.1, 0.15) is 0 Å². The van der Waals surface area contributed by atoms with Crippen molar-refractivity contribution < 1.29 is 0 Å². The van der Waals surface area contributed by atoms with Gasteiger partial charge in [-0.15, -0.1) is 11.3 Å². The maximum atomic E-state index is 3.69. The molecular weight excluding hydrogens is 296 g/mol. The van der Waals surface area contributed by atoms with Gasteiger partial charge in [0.25, 0.3) is 0 Å². The minimum absolute atomic E-state index is 0.728. The Morgan fingerprint density at radius 3 is 2.65 bits per heavy atom. The molecule has 17 heavy (non-hydrogen) atoms. The molecule has 0 atom stereocenters. The second-order valence-corrected chi connectivity index (χ2v) is 7.07. The van der Waals surface area contributed by atoms with Crippen molar-refractivity contribution in [2.45, 2.75) is 44.3 Å². The summed E-state index contributed by atoms with van der Waals surface area (Å²) in [4.78, 5) is 4.11. The van der Waals surface area contributed by atoms with E-state index in [4.69, 9.17) is 0 Å². The fraction of sp³-hybridized carbons (Fsp3) is 0.692. The van der Waals surface area contributed by atoms with Crippen molar-refractivity contribution in [2.75, 3.05) is 13.1 Å². The van der Waals surface area contributed by atoms with E-state index in [0.717, 1.165) is 18.6 Å². The monoisotopic (exact) mass is 314 g/mol. The molecule has 0 radical (unpaired) electrons. The minimum atomic E-state index is 0.728. The summed E-state index contributed by atoms with van der Waals surface area (Å²) in [5.74, 6) is 0. The number of likely N-dealkylation sites (tertiary alicyclic amines) is 1. The van der Waals surface area contributed by atoms with Gasteiger partial charge in [0, 0.05) is 33.4 Å². The Kier molecular flexibility index (Phi) is 3.85. The molecule has 0 spiro atoms. The highest BCUT2D eigenvalue weighted by Crippen LogP contribution is 2.29. The summed E-state index contributed by atoms with van der Waals surface area (Å²) in [7, 11) is 0. The van der Waals surface area contributed by atoms with Gasteiger partial charge in [0.05, 0.1) is 0 Å². The Labute approximate surface area is 116 Å². The molecule has 0 unspecified atom stereocenters. The van der Waals surface area contributed by atoms with E-state index in [1.807, 2.05) is 11.3 Å². The number of rotatable bonds is 4. The maximum absolute atomic E-state index is 3.69. The molecule has 2 fully saturated rings. The van der Waals surface area contributed by atoms with Gasteiger partial charge in [0.2, 0.25) is 0 Å². The zero-order valence-electron chi connectivity index (χ0n) is 9.99. The molecule has 0 bridgehead atoms. The lowest BCUT2D eigenvalue weighted by atomic mass is 10.0. The first kappa shape index (κ1) is 12.2. The van der Waals surface area contributed by atoms with Crippen LogP contribution in [0.1, 0.15) is 30.6 Å². The molecule has 1 aromatic heterocycles. The number of nitrogens with one attached hydrogen (secondary N) is 1. The van der Waals surface area contributed by atoms with E-state index < -0.39 is 0 Å². The summed E-state index contributed by atoms with van der Waals surface area (Å²) in [5, 5.41) is 5.85. The Bertz CT molecular complexity index is 367. The molecule has 94 valence electrons. The van der Waals surface area contributed by atoms with Crippen LogP contribution in [0, 0.1) is 0 Å². The van der Waals surface area contributed by atoms with E-state index in [0.29, 0.717) is 0 Å². The molecule has 2 nitrogen and oxygen atoms in total. The lowest BCUT2D eigenvalue weighted by Crippen LogP contribution is -2.42. The SMILES string of the molecule is Brc1csc(CNC2CCN(C3CC3)CC2)c1. The molecule has 1 saturated carbocycles. The van der Waals surface area contributed by atoms with Crippen molar-refractivity contribution in [1.29, 1.82) is 0 Å². The fourth-order valence-corrected chi connectivity index (χ4v) is 4.00. The van der Waals surface area contributed by atoms with E-state index in [-0.39, 0.29) is 0 Å². The summed E-state index contributed by atoms with van der Waals surface area (Å²) in [6.07, 6.45) is 5.54. The van der Waals surface area contributed by atoms with Crippen LogP contribution in [-0.2, 0) is 6.54 Å². The number of hydrogen-bond acceptors (Lipinski definition) is 3. The van der Waals surface area contributed by atoms with Crippen molar-refractivity contribution in [2.24, 2.45) is 0 Å². The largest absolute Gasteiger partial charge is 0.309 e. The standard InChI is InChI=1S/C13H19BrN2S/c14-10-7-13(17-9-10)8-15-11-3-5-16(6-4-11)12-1-2-12/h7,9,11-12,15H,1-6,8H2. The molecule has 2 aliphatic rings. The van der Waals surface area contributed by atoms with Crippen LogP contribution >= 0.6 is 27.3 Å². The lowest BCUT2D eigenvalue weighted by Gasteiger charge is -2.32. The smallest absolute Gasteiger partial charge is 0.0302 e. The number of hydrogen-bond donors (Lipinski definition) is 1. The highest BCUT2D eigenvalue weighted by atomic mass is 79.9. The second-order valence-electron chi connectivity index (χ2n) is 5.15. The van der Waals surface area contributed by atoms with Gasteiger partial charge >= 0.3 is 0 Å². The topological polar surface area (TPSA) is 15.3 Å². The lowest BCUT2D eigenvalue weighted by molar-refractivity contribution is 0.189. The second kappa shape index (κ2) is 5.39. The first-order chi connectivity index (χ1) is 8.31. The average molecular weight is 315 g/mol. The number of halogens is 1. The molecule has 1 aliphatic heterocycles. The van der Waals surface area contributed by atoms with E-state index >= 15 is 0 Å². The quantitative estimate of drug-likeness (QED) is 0.918. The van der Waals surface area contributed by atoms with E-state index in [2.05, 4.69) is 37.6 Å². The molecule has 1 aliphatic carbocycles. The first-order valence-corrected chi connectivity index (χ1v) is 8.19. The summed E-state index contributed by atoms with van der Waals surface area (Å²) < 4.78 is 1.21. The number of piperidine rings is 1. The van der Waals surface area contributed by atoms with E-state index in [1.54, 1.807) is 0 Å². The van der Waals surface area contributed by atoms with Crippen molar-refractivity contribution in [3.63, 3.8) is 0 Å². The predicted octanol–water partition coefficient (Wildman–Crippen LogP) is 3.23. The summed E-state index contributed by atoms with van der Waals surface area (Å²) in [5.41, 5.74) is 0. The van der Waals surface area contributed by atoms with Crippen LogP contribution in [0.4, 0.5) is 0 Å². The van der Waals surface area contributed by atoms with Gasteiger partial charge < -0.3 is 10.2 Å². The van der Waals surface area contributed by atoms with Crippen LogP contribution < -0.4 is 5.32 Å². The molecule has 1 saturated heterocycles. The third-order valence-electron chi connectivity index (χ3n) is 3.78. The van der Waals surface area contributed by atoms with Crippen LogP contribution in [0.3, 0.4) is 0 Å². The van der Waals surface area contributed by atoms with Gasteiger partial charge in [-0.2, -0.15) is 0 Å². The Morgan fingerprint density at radius 2 is 2.06 bits per heavy atom.